The summed E-state index contributed by atoms with van der Waals surface area (Å²) in [7, 11) is 0. The summed E-state index contributed by atoms with van der Waals surface area (Å²) >= 11 is 0. The zero-order valence-electron chi connectivity index (χ0n) is 6.83. The van der Waals surface area contributed by atoms with Gasteiger partial charge in [-0.05, 0) is 12.8 Å². The maximum Gasteiger partial charge on any atom is 0.0622 e. The van der Waals surface area contributed by atoms with Gasteiger partial charge in [-0.1, -0.05) is 0 Å². The Morgan fingerprint density at radius 2 is 1.91 bits per heavy atom. The van der Waals surface area contributed by atoms with E-state index < -0.39 is 0 Å². The molecule has 2 unspecified atom stereocenters. The average Bonchev–Trinajstić information content (AvgIpc) is 2.30. The van der Waals surface area contributed by atoms with Crippen LogP contribution in [0.3, 0.4) is 0 Å². The van der Waals surface area contributed by atoms with E-state index in [1.807, 2.05) is 0 Å². The van der Waals surface area contributed by atoms with Crippen LogP contribution in [0.1, 0.15) is 12.8 Å². The van der Waals surface area contributed by atoms with Gasteiger partial charge in [-0.25, -0.2) is 0 Å². The molecule has 64 valence electrons. The summed E-state index contributed by atoms with van der Waals surface area (Å²) in [5.41, 5.74) is 5.53. The second-order valence-electron chi connectivity index (χ2n) is 3.45. The third-order valence-electron chi connectivity index (χ3n) is 2.78. The topological polar surface area (TPSA) is 38.5 Å². The monoisotopic (exact) mass is 156 g/mol. The van der Waals surface area contributed by atoms with Gasteiger partial charge in [0.15, 0.2) is 0 Å². The van der Waals surface area contributed by atoms with Crippen LogP contribution in [0.5, 0.6) is 0 Å². The molecule has 3 heteroatoms. The van der Waals surface area contributed by atoms with Gasteiger partial charge in [0.25, 0.3) is 0 Å². The molecular weight excluding hydrogens is 140 g/mol. The second-order valence-corrected chi connectivity index (χ2v) is 3.45. The number of rotatable bonds is 2. The first-order chi connectivity index (χ1) is 5.42. The highest BCUT2D eigenvalue weighted by atomic mass is 16.5. The Balaban J connectivity index is 1.97. The number of fused-ring (bicyclic) bond motifs is 2. The molecule has 0 radical (unpaired) electrons. The van der Waals surface area contributed by atoms with Crippen LogP contribution in [0, 0.1) is 0 Å². The van der Waals surface area contributed by atoms with E-state index in [2.05, 4.69) is 4.90 Å². The molecule has 0 spiro atoms. The summed E-state index contributed by atoms with van der Waals surface area (Å²) < 4.78 is 5.45. The minimum Gasteiger partial charge on any atom is -0.378 e. The molecule has 3 nitrogen and oxygen atoms in total. The Morgan fingerprint density at radius 3 is 2.45 bits per heavy atom. The Bertz CT molecular complexity index is 124. The minimum absolute atomic E-state index is 0.678. The minimum atomic E-state index is 0.678. The lowest BCUT2D eigenvalue weighted by Crippen LogP contribution is -2.47. The van der Waals surface area contributed by atoms with Crippen molar-refractivity contribution < 1.29 is 4.74 Å². The molecule has 0 aliphatic carbocycles. The van der Waals surface area contributed by atoms with E-state index in [1.165, 1.54) is 12.8 Å². The molecule has 0 aromatic heterocycles. The molecule has 0 aromatic carbocycles. The van der Waals surface area contributed by atoms with Gasteiger partial charge < -0.3 is 10.5 Å². The number of hydrogen-bond donors (Lipinski definition) is 1. The Morgan fingerprint density at radius 1 is 1.27 bits per heavy atom. The summed E-state index contributed by atoms with van der Waals surface area (Å²) in [6.45, 7) is 3.69. The van der Waals surface area contributed by atoms with E-state index >= 15 is 0 Å². The number of hydrogen-bond acceptors (Lipinski definition) is 3. The number of nitrogens with zero attached hydrogens (tertiary/aromatic N) is 1. The van der Waals surface area contributed by atoms with Crippen molar-refractivity contribution in [2.24, 2.45) is 5.73 Å². The SMILES string of the molecule is NCCN1C2CCC1COC2. The lowest BCUT2D eigenvalue weighted by Gasteiger charge is -2.34. The molecule has 2 atom stereocenters. The molecule has 11 heavy (non-hydrogen) atoms. The van der Waals surface area contributed by atoms with Crippen LogP contribution in [0.15, 0.2) is 0 Å². The van der Waals surface area contributed by atoms with Crippen molar-refractivity contribution in [3.8, 4) is 0 Å². The first kappa shape index (κ1) is 7.53. The summed E-state index contributed by atoms with van der Waals surface area (Å²) in [6.07, 6.45) is 2.62. The van der Waals surface area contributed by atoms with Crippen LogP contribution in [0.4, 0.5) is 0 Å². The summed E-state index contributed by atoms with van der Waals surface area (Å²) in [5, 5.41) is 0. The normalized spacial score (nSPS) is 37.9. The van der Waals surface area contributed by atoms with Crippen molar-refractivity contribution in [1.82, 2.24) is 4.90 Å². The fourth-order valence-electron chi connectivity index (χ4n) is 2.23. The van der Waals surface area contributed by atoms with Crippen molar-refractivity contribution in [2.45, 2.75) is 24.9 Å². The van der Waals surface area contributed by atoms with Crippen molar-refractivity contribution >= 4 is 0 Å². The molecule has 2 bridgehead atoms. The van der Waals surface area contributed by atoms with Gasteiger partial charge in [0.05, 0.1) is 13.2 Å². The maximum atomic E-state index is 5.53. The molecule has 2 N–H and O–H groups in total. The Labute approximate surface area is 67.5 Å². The summed E-state index contributed by atoms with van der Waals surface area (Å²) in [5.74, 6) is 0. The zero-order chi connectivity index (χ0) is 7.68. The molecule has 2 fully saturated rings. The molecule has 2 saturated heterocycles. The molecule has 2 rings (SSSR count). The molecule has 2 aliphatic rings. The Kier molecular flexibility index (Phi) is 2.11. The third kappa shape index (κ3) is 1.28. The first-order valence-corrected chi connectivity index (χ1v) is 4.45. The lowest BCUT2D eigenvalue weighted by atomic mass is 10.2. The third-order valence-corrected chi connectivity index (χ3v) is 2.78. The highest BCUT2D eigenvalue weighted by Gasteiger charge is 2.36. The van der Waals surface area contributed by atoms with E-state index in [0.717, 1.165) is 26.3 Å². The average molecular weight is 156 g/mol. The number of nitrogens with two attached hydrogens (primary N) is 1. The van der Waals surface area contributed by atoms with E-state index in [0.29, 0.717) is 12.1 Å². The van der Waals surface area contributed by atoms with Crippen molar-refractivity contribution in [3.63, 3.8) is 0 Å². The fourth-order valence-corrected chi connectivity index (χ4v) is 2.23. The van der Waals surface area contributed by atoms with Gasteiger partial charge in [-0.15, -0.1) is 0 Å². The van der Waals surface area contributed by atoms with E-state index in [9.17, 15) is 0 Å². The zero-order valence-corrected chi connectivity index (χ0v) is 6.83. The van der Waals surface area contributed by atoms with Crippen LogP contribution in [-0.2, 0) is 4.74 Å². The molecule has 0 amide bonds. The first-order valence-electron chi connectivity index (χ1n) is 4.45. The molecular formula is C8H16N2O. The van der Waals surface area contributed by atoms with Crippen molar-refractivity contribution in [2.75, 3.05) is 26.3 Å². The number of morpholine rings is 1. The van der Waals surface area contributed by atoms with Gasteiger partial charge >= 0.3 is 0 Å². The van der Waals surface area contributed by atoms with Gasteiger partial charge in [0, 0.05) is 25.2 Å². The van der Waals surface area contributed by atoms with Gasteiger partial charge in [-0.3, -0.25) is 4.90 Å². The second kappa shape index (κ2) is 3.09. The van der Waals surface area contributed by atoms with Gasteiger partial charge in [-0.2, -0.15) is 0 Å². The predicted octanol–water partition coefficient (Wildman–Crippen LogP) is -0.192. The highest BCUT2D eigenvalue weighted by molar-refractivity contribution is 4.90. The smallest absolute Gasteiger partial charge is 0.0622 e. The fraction of sp³-hybridized carbons (Fsp3) is 1.00. The van der Waals surface area contributed by atoms with Gasteiger partial charge in [0.2, 0.25) is 0 Å². The summed E-state index contributed by atoms with van der Waals surface area (Å²) in [4.78, 5) is 2.52. The standard InChI is InChI=1S/C8H16N2O/c9-3-4-10-7-1-2-8(10)6-11-5-7/h7-8H,1-6,9H2. The van der Waals surface area contributed by atoms with Crippen LogP contribution in [0.2, 0.25) is 0 Å². The van der Waals surface area contributed by atoms with Crippen molar-refractivity contribution in [1.29, 1.82) is 0 Å². The van der Waals surface area contributed by atoms with Crippen LogP contribution >= 0.6 is 0 Å². The predicted molar refractivity (Wildman–Crippen MR) is 43.4 cm³/mol. The highest BCUT2D eigenvalue weighted by Crippen LogP contribution is 2.27. The summed E-state index contributed by atoms with van der Waals surface area (Å²) in [6, 6.07) is 1.36. The maximum absolute atomic E-state index is 5.53. The Hall–Kier alpha value is -0.120. The molecule has 2 aliphatic heterocycles. The molecule has 0 saturated carbocycles. The van der Waals surface area contributed by atoms with Crippen LogP contribution in [-0.4, -0.2) is 43.3 Å². The lowest BCUT2D eigenvalue weighted by molar-refractivity contribution is -0.0127. The van der Waals surface area contributed by atoms with E-state index in [1.54, 1.807) is 0 Å². The van der Waals surface area contributed by atoms with E-state index in [4.69, 9.17) is 10.5 Å². The van der Waals surface area contributed by atoms with Crippen molar-refractivity contribution in [3.05, 3.63) is 0 Å². The quantitative estimate of drug-likeness (QED) is 0.602. The van der Waals surface area contributed by atoms with Gasteiger partial charge in [0.1, 0.15) is 0 Å². The molecule has 2 heterocycles. The van der Waals surface area contributed by atoms with E-state index in [-0.39, 0.29) is 0 Å². The molecule has 0 aromatic rings. The largest absolute Gasteiger partial charge is 0.378 e. The number of ether oxygens (including phenoxy) is 1. The van der Waals surface area contributed by atoms with Crippen LogP contribution in [0.25, 0.3) is 0 Å². The van der Waals surface area contributed by atoms with Crippen LogP contribution < -0.4 is 5.73 Å².